The van der Waals surface area contributed by atoms with Crippen LogP contribution in [0.2, 0.25) is 0 Å². The summed E-state index contributed by atoms with van der Waals surface area (Å²) >= 11 is 0. The van der Waals surface area contributed by atoms with E-state index in [-0.39, 0.29) is 0 Å². The predicted octanol–water partition coefficient (Wildman–Crippen LogP) is 2.73. The number of hydrazine groups is 1. The van der Waals surface area contributed by atoms with E-state index in [1.54, 1.807) is 0 Å². The van der Waals surface area contributed by atoms with Crippen molar-refractivity contribution in [2.45, 2.75) is 24.8 Å². The van der Waals surface area contributed by atoms with Gasteiger partial charge in [-0.25, -0.2) is 0 Å². The minimum atomic E-state index is 0.486. The number of benzene rings is 2. The van der Waals surface area contributed by atoms with E-state index >= 15 is 0 Å². The summed E-state index contributed by atoms with van der Waals surface area (Å²) in [7, 11) is 0. The van der Waals surface area contributed by atoms with E-state index in [4.69, 9.17) is 5.84 Å². The van der Waals surface area contributed by atoms with E-state index in [1.165, 1.54) is 22.3 Å². The zero-order valence-corrected chi connectivity index (χ0v) is 12.8. The predicted molar refractivity (Wildman–Crippen MR) is 90.5 cm³/mol. The van der Waals surface area contributed by atoms with Gasteiger partial charge in [0.05, 0.1) is 0 Å². The van der Waals surface area contributed by atoms with Gasteiger partial charge in [-0.2, -0.15) is 0 Å². The molecule has 1 fully saturated rings. The lowest BCUT2D eigenvalue weighted by molar-refractivity contribution is 0.194. The molecule has 4 rings (SSSR count). The van der Waals surface area contributed by atoms with E-state index < -0.39 is 0 Å². The van der Waals surface area contributed by atoms with Crippen molar-refractivity contribution in [3.05, 3.63) is 59.7 Å². The van der Waals surface area contributed by atoms with Gasteiger partial charge in [-0.1, -0.05) is 48.5 Å². The molecule has 22 heavy (non-hydrogen) atoms. The van der Waals surface area contributed by atoms with Crippen LogP contribution in [0.5, 0.6) is 0 Å². The molecule has 2 aliphatic rings. The fourth-order valence-corrected chi connectivity index (χ4v) is 4.00. The fraction of sp³-hybridized carbons (Fsp3) is 0.368. The second-order valence-electron chi connectivity index (χ2n) is 6.47. The summed E-state index contributed by atoms with van der Waals surface area (Å²) in [6.07, 6.45) is 2.29. The molecule has 2 aromatic rings. The number of rotatable bonds is 3. The van der Waals surface area contributed by atoms with Crippen molar-refractivity contribution in [2.75, 3.05) is 19.6 Å². The summed E-state index contributed by atoms with van der Waals surface area (Å²) in [6.45, 7) is 3.39. The first kappa shape index (κ1) is 13.9. The molecule has 1 heterocycles. The first-order valence-corrected chi connectivity index (χ1v) is 8.23. The van der Waals surface area contributed by atoms with Gasteiger partial charge in [0.15, 0.2) is 0 Å². The topological polar surface area (TPSA) is 41.3 Å². The van der Waals surface area contributed by atoms with Crippen LogP contribution in [0.25, 0.3) is 11.1 Å². The lowest BCUT2D eigenvalue weighted by Gasteiger charge is -2.33. The van der Waals surface area contributed by atoms with E-state index in [2.05, 4.69) is 58.9 Å². The van der Waals surface area contributed by atoms with Gasteiger partial charge in [-0.05, 0) is 48.2 Å². The van der Waals surface area contributed by atoms with E-state index in [1.807, 2.05) is 0 Å². The van der Waals surface area contributed by atoms with Crippen LogP contribution in [0.3, 0.4) is 0 Å². The molecule has 0 amide bonds. The Morgan fingerprint density at radius 1 is 0.909 bits per heavy atom. The van der Waals surface area contributed by atoms with Gasteiger partial charge in [-0.3, -0.25) is 11.3 Å². The van der Waals surface area contributed by atoms with Gasteiger partial charge in [-0.15, -0.1) is 0 Å². The molecule has 0 bridgehead atoms. The van der Waals surface area contributed by atoms with Crippen molar-refractivity contribution >= 4 is 0 Å². The molecule has 2 aromatic carbocycles. The number of nitrogens with one attached hydrogen (secondary N) is 1. The highest BCUT2D eigenvalue weighted by atomic mass is 15.2. The molecule has 3 heteroatoms. The van der Waals surface area contributed by atoms with Crippen LogP contribution >= 0.6 is 0 Å². The number of nitrogens with zero attached hydrogens (tertiary/aromatic N) is 1. The summed E-state index contributed by atoms with van der Waals surface area (Å²) in [4.78, 5) is 2.59. The van der Waals surface area contributed by atoms with Gasteiger partial charge in [0, 0.05) is 18.5 Å². The van der Waals surface area contributed by atoms with Gasteiger partial charge in [0.1, 0.15) is 0 Å². The Morgan fingerprint density at radius 3 is 2.00 bits per heavy atom. The molecule has 1 aliphatic heterocycles. The van der Waals surface area contributed by atoms with Gasteiger partial charge in [0.25, 0.3) is 0 Å². The summed E-state index contributed by atoms with van der Waals surface area (Å²) in [5.41, 5.74) is 8.74. The highest BCUT2D eigenvalue weighted by molar-refractivity contribution is 5.78. The summed E-state index contributed by atoms with van der Waals surface area (Å²) in [6, 6.07) is 18.2. The number of nitrogens with two attached hydrogens (primary N) is 1. The van der Waals surface area contributed by atoms with Gasteiger partial charge >= 0.3 is 0 Å². The molecule has 1 saturated heterocycles. The Hall–Kier alpha value is -1.68. The Labute approximate surface area is 132 Å². The van der Waals surface area contributed by atoms with E-state index in [0.717, 1.165) is 32.5 Å². The fourth-order valence-electron chi connectivity index (χ4n) is 4.00. The number of piperidine rings is 1. The normalized spacial score (nSPS) is 19.1. The second-order valence-corrected chi connectivity index (χ2v) is 6.47. The molecule has 0 aromatic heterocycles. The summed E-state index contributed by atoms with van der Waals surface area (Å²) in [5, 5.41) is 0. The third-order valence-electron chi connectivity index (χ3n) is 5.23. The molecule has 0 saturated carbocycles. The Balaban J connectivity index is 1.59. The molecule has 114 valence electrons. The molecule has 3 N–H and O–H groups in total. The lowest BCUT2D eigenvalue weighted by Crippen LogP contribution is -2.45. The average molecular weight is 293 g/mol. The number of hydrogen-bond donors (Lipinski definition) is 2. The van der Waals surface area contributed by atoms with Crippen molar-refractivity contribution in [1.82, 2.24) is 10.3 Å². The molecular weight excluding hydrogens is 270 g/mol. The van der Waals surface area contributed by atoms with Crippen molar-refractivity contribution in [2.24, 2.45) is 5.84 Å². The zero-order chi connectivity index (χ0) is 14.9. The molecule has 0 atom stereocenters. The van der Waals surface area contributed by atoms with Crippen molar-refractivity contribution in [3.63, 3.8) is 0 Å². The van der Waals surface area contributed by atoms with Crippen LogP contribution in [-0.4, -0.2) is 30.6 Å². The highest BCUT2D eigenvalue weighted by Gasteiger charge is 2.30. The van der Waals surface area contributed by atoms with Gasteiger partial charge < -0.3 is 4.90 Å². The number of fused-ring (bicyclic) bond motifs is 3. The SMILES string of the molecule is NNC1CCN(CC2c3ccccc3-c3ccccc32)CC1. The smallest absolute Gasteiger partial charge is 0.0234 e. The Kier molecular flexibility index (Phi) is 3.70. The van der Waals surface area contributed by atoms with Crippen LogP contribution in [0.1, 0.15) is 29.9 Å². The second kappa shape index (κ2) is 5.84. The largest absolute Gasteiger partial charge is 0.302 e. The van der Waals surface area contributed by atoms with Crippen LogP contribution in [-0.2, 0) is 0 Å². The van der Waals surface area contributed by atoms with Crippen LogP contribution < -0.4 is 11.3 Å². The van der Waals surface area contributed by atoms with Crippen molar-refractivity contribution in [1.29, 1.82) is 0 Å². The minimum absolute atomic E-state index is 0.486. The Morgan fingerprint density at radius 2 is 1.45 bits per heavy atom. The summed E-state index contributed by atoms with van der Waals surface area (Å²) < 4.78 is 0. The van der Waals surface area contributed by atoms with Crippen LogP contribution in [0.4, 0.5) is 0 Å². The Bertz CT molecular complexity index is 614. The first-order chi connectivity index (χ1) is 10.9. The molecule has 3 nitrogen and oxygen atoms in total. The molecule has 1 aliphatic carbocycles. The maximum atomic E-state index is 5.57. The standard InChI is InChI=1S/C19H23N3/c20-21-14-9-11-22(12-10-14)13-19-17-7-3-1-5-15(17)16-6-2-4-8-18(16)19/h1-8,14,19,21H,9-13,20H2. The van der Waals surface area contributed by atoms with Gasteiger partial charge in [0.2, 0.25) is 0 Å². The molecule has 0 spiro atoms. The molecule has 0 radical (unpaired) electrons. The average Bonchev–Trinajstić information content (AvgIpc) is 2.90. The third kappa shape index (κ3) is 2.35. The number of hydrogen-bond acceptors (Lipinski definition) is 3. The highest BCUT2D eigenvalue weighted by Crippen LogP contribution is 2.44. The van der Waals surface area contributed by atoms with Crippen LogP contribution in [0.15, 0.2) is 48.5 Å². The van der Waals surface area contributed by atoms with Crippen molar-refractivity contribution < 1.29 is 0 Å². The molecule has 0 unspecified atom stereocenters. The molecular formula is C19H23N3. The zero-order valence-electron chi connectivity index (χ0n) is 12.8. The minimum Gasteiger partial charge on any atom is -0.302 e. The van der Waals surface area contributed by atoms with Crippen molar-refractivity contribution in [3.8, 4) is 11.1 Å². The first-order valence-electron chi connectivity index (χ1n) is 8.23. The quantitative estimate of drug-likeness (QED) is 0.675. The van der Waals surface area contributed by atoms with E-state index in [9.17, 15) is 0 Å². The summed E-state index contributed by atoms with van der Waals surface area (Å²) in [5.74, 6) is 6.08. The number of likely N-dealkylation sites (tertiary alicyclic amines) is 1. The van der Waals surface area contributed by atoms with Crippen LogP contribution in [0, 0.1) is 0 Å². The lowest BCUT2D eigenvalue weighted by atomic mass is 9.95. The maximum absolute atomic E-state index is 5.57. The van der Waals surface area contributed by atoms with E-state index in [0.29, 0.717) is 12.0 Å². The third-order valence-corrected chi connectivity index (χ3v) is 5.23. The monoisotopic (exact) mass is 293 g/mol. The maximum Gasteiger partial charge on any atom is 0.0234 e.